The van der Waals surface area contributed by atoms with Crippen LogP contribution in [0.1, 0.15) is 21.6 Å². The van der Waals surface area contributed by atoms with E-state index in [1.54, 1.807) is 18.2 Å². The van der Waals surface area contributed by atoms with Gasteiger partial charge in [0.25, 0.3) is 5.91 Å². The fourth-order valence-electron chi connectivity index (χ4n) is 2.97. The smallest absolute Gasteiger partial charge is 0.278 e. The Balaban J connectivity index is 1.48. The van der Waals surface area contributed by atoms with Crippen molar-refractivity contribution in [3.8, 4) is 5.75 Å². The number of nitrogens with zero attached hydrogens (tertiary/aromatic N) is 3. The first-order chi connectivity index (χ1) is 15.5. The van der Waals surface area contributed by atoms with Gasteiger partial charge < -0.3 is 10.1 Å². The van der Waals surface area contributed by atoms with E-state index in [4.69, 9.17) is 16.3 Å². The molecule has 0 saturated carbocycles. The molecule has 0 aliphatic carbocycles. The summed E-state index contributed by atoms with van der Waals surface area (Å²) in [6, 6.07) is 18.2. The second-order valence-electron chi connectivity index (χ2n) is 6.84. The zero-order valence-corrected chi connectivity index (χ0v) is 17.4. The third-order valence-electron chi connectivity index (χ3n) is 4.54. The minimum atomic E-state index is -0.884. The molecule has 1 heterocycles. The first kappa shape index (κ1) is 21.5. The van der Waals surface area contributed by atoms with Crippen molar-refractivity contribution in [3.05, 3.63) is 106 Å². The van der Waals surface area contributed by atoms with Crippen LogP contribution in [0.15, 0.2) is 72.9 Å². The van der Waals surface area contributed by atoms with Gasteiger partial charge in [-0.15, -0.1) is 5.10 Å². The van der Waals surface area contributed by atoms with Crippen molar-refractivity contribution in [3.63, 3.8) is 0 Å². The molecule has 1 N–H and O–H groups in total. The quantitative estimate of drug-likeness (QED) is 0.422. The van der Waals surface area contributed by atoms with E-state index < -0.39 is 23.2 Å². The van der Waals surface area contributed by atoms with Crippen LogP contribution in [-0.2, 0) is 13.2 Å². The van der Waals surface area contributed by atoms with Crippen LogP contribution in [0, 0.1) is 11.6 Å². The maximum Gasteiger partial charge on any atom is 0.278 e. The standard InChI is InChI=1S/C23H17ClF2N4O2/c24-17-9-10-21(32-14-15-5-2-1-3-6-15)16(11-17)13-30-27-12-20(29-30)23(31)28-22-18(25)7-4-8-19(22)26/h1-12H,13-14H2,(H,28,31). The van der Waals surface area contributed by atoms with Crippen molar-refractivity contribution in [2.45, 2.75) is 13.2 Å². The van der Waals surface area contributed by atoms with E-state index in [0.29, 0.717) is 22.9 Å². The third-order valence-corrected chi connectivity index (χ3v) is 4.78. The SMILES string of the molecule is O=C(Nc1c(F)cccc1F)c1cnn(Cc2cc(Cl)ccc2OCc2ccccc2)n1. The number of amides is 1. The Hall–Kier alpha value is -3.78. The summed E-state index contributed by atoms with van der Waals surface area (Å²) in [4.78, 5) is 13.6. The van der Waals surface area contributed by atoms with Gasteiger partial charge in [0.2, 0.25) is 0 Å². The van der Waals surface area contributed by atoms with Crippen molar-refractivity contribution >= 4 is 23.2 Å². The van der Waals surface area contributed by atoms with Gasteiger partial charge in [0.05, 0.1) is 12.7 Å². The van der Waals surface area contributed by atoms with Crippen LogP contribution >= 0.6 is 11.6 Å². The Morgan fingerprint density at radius 3 is 2.53 bits per heavy atom. The number of benzene rings is 3. The van der Waals surface area contributed by atoms with Crippen molar-refractivity contribution in [1.82, 2.24) is 15.0 Å². The Bertz CT molecular complexity index is 1230. The molecule has 1 amide bonds. The van der Waals surface area contributed by atoms with Gasteiger partial charge in [0.1, 0.15) is 29.7 Å². The number of anilines is 1. The van der Waals surface area contributed by atoms with E-state index in [-0.39, 0.29) is 12.2 Å². The lowest BCUT2D eigenvalue weighted by molar-refractivity contribution is 0.102. The monoisotopic (exact) mass is 454 g/mol. The van der Waals surface area contributed by atoms with E-state index in [2.05, 4.69) is 15.5 Å². The average Bonchev–Trinajstić information content (AvgIpc) is 3.25. The van der Waals surface area contributed by atoms with E-state index in [0.717, 1.165) is 17.7 Å². The van der Waals surface area contributed by atoms with E-state index in [1.807, 2.05) is 30.3 Å². The van der Waals surface area contributed by atoms with Crippen molar-refractivity contribution in [2.24, 2.45) is 0 Å². The molecule has 4 aromatic rings. The molecule has 0 atom stereocenters. The number of halogens is 3. The molecule has 0 aliphatic heterocycles. The van der Waals surface area contributed by atoms with Gasteiger partial charge >= 0.3 is 0 Å². The summed E-state index contributed by atoms with van der Waals surface area (Å²) in [7, 11) is 0. The maximum absolute atomic E-state index is 13.8. The van der Waals surface area contributed by atoms with Crippen LogP contribution in [0.4, 0.5) is 14.5 Å². The molecule has 0 saturated heterocycles. The van der Waals surface area contributed by atoms with Gasteiger partial charge in [-0.2, -0.15) is 9.90 Å². The van der Waals surface area contributed by atoms with E-state index in [9.17, 15) is 13.6 Å². The van der Waals surface area contributed by atoms with Crippen molar-refractivity contribution in [2.75, 3.05) is 5.32 Å². The van der Waals surface area contributed by atoms with E-state index >= 15 is 0 Å². The summed E-state index contributed by atoms with van der Waals surface area (Å²) < 4.78 is 33.5. The molecule has 0 spiro atoms. The normalized spacial score (nSPS) is 10.7. The molecule has 0 aliphatic rings. The summed E-state index contributed by atoms with van der Waals surface area (Å²) in [6.45, 7) is 0.538. The molecule has 0 unspecified atom stereocenters. The Morgan fingerprint density at radius 1 is 1.03 bits per heavy atom. The molecule has 0 radical (unpaired) electrons. The van der Waals surface area contributed by atoms with Crippen LogP contribution < -0.4 is 10.1 Å². The van der Waals surface area contributed by atoms with Crippen LogP contribution in [-0.4, -0.2) is 20.9 Å². The molecule has 9 heteroatoms. The first-order valence-corrected chi connectivity index (χ1v) is 9.98. The highest BCUT2D eigenvalue weighted by atomic mass is 35.5. The molecular weight excluding hydrogens is 438 g/mol. The van der Waals surface area contributed by atoms with Gasteiger partial charge in [-0.1, -0.05) is 48.0 Å². The number of para-hydroxylation sites is 1. The molecule has 3 aromatic carbocycles. The van der Waals surface area contributed by atoms with Gasteiger partial charge in [-0.25, -0.2) is 8.78 Å². The lowest BCUT2D eigenvalue weighted by Crippen LogP contribution is -2.15. The molecule has 0 bridgehead atoms. The molecule has 162 valence electrons. The minimum Gasteiger partial charge on any atom is -0.489 e. The number of rotatable bonds is 7. The number of hydrogen-bond donors (Lipinski definition) is 1. The van der Waals surface area contributed by atoms with Gasteiger partial charge in [0.15, 0.2) is 5.69 Å². The molecule has 4 rings (SSSR count). The second-order valence-corrected chi connectivity index (χ2v) is 7.27. The number of carbonyl (C=O) groups excluding carboxylic acids is 1. The topological polar surface area (TPSA) is 69.0 Å². The summed E-state index contributed by atoms with van der Waals surface area (Å²) in [5, 5.41) is 10.9. The van der Waals surface area contributed by atoms with Crippen molar-refractivity contribution in [1.29, 1.82) is 0 Å². The summed E-state index contributed by atoms with van der Waals surface area (Å²) in [5.74, 6) is -1.96. The van der Waals surface area contributed by atoms with Crippen LogP contribution in [0.2, 0.25) is 5.02 Å². The number of hydrogen-bond acceptors (Lipinski definition) is 4. The third kappa shape index (κ3) is 5.09. The highest BCUT2D eigenvalue weighted by Gasteiger charge is 2.17. The van der Waals surface area contributed by atoms with Gasteiger partial charge in [0, 0.05) is 10.6 Å². The highest BCUT2D eigenvalue weighted by Crippen LogP contribution is 2.25. The molecule has 32 heavy (non-hydrogen) atoms. The molecule has 0 fully saturated rings. The fourth-order valence-corrected chi connectivity index (χ4v) is 3.17. The molecule has 1 aromatic heterocycles. The van der Waals surface area contributed by atoms with Crippen LogP contribution in [0.3, 0.4) is 0 Å². The highest BCUT2D eigenvalue weighted by molar-refractivity contribution is 6.30. The number of ether oxygens (including phenoxy) is 1. The zero-order chi connectivity index (χ0) is 22.5. The number of nitrogens with one attached hydrogen (secondary N) is 1. The predicted octanol–water partition coefficient (Wildman–Crippen LogP) is 5.09. The Labute approximate surface area is 187 Å². The first-order valence-electron chi connectivity index (χ1n) is 9.60. The van der Waals surface area contributed by atoms with Crippen LogP contribution in [0.25, 0.3) is 0 Å². The Kier molecular flexibility index (Phi) is 6.42. The minimum absolute atomic E-state index is 0.0959. The van der Waals surface area contributed by atoms with E-state index in [1.165, 1.54) is 17.1 Å². The van der Waals surface area contributed by atoms with Gasteiger partial charge in [-0.3, -0.25) is 4.79 Å². The fraction of sp³-hybridized carbons (Fsp3) is 0.0870. The van der Waals surface area contributed by atoms with Crippen molar-refractivity contribution < 1.29 is 18.3 Å². The average molecular weight is 455 g/mol. The largest absolute Gasteiger partial charge is 0.489 e. The lowest BCUT2D eigenvalue weighted by atomic mass is 10.2. The predicted molar refractivity (Wildman–Crippen MR) is 116 cm³/mol. The summed E-state index contributed by atoms with van der Waals surface area (Å²) in [5.41, 5.74) is 1.07. The summed E-state index contributed by atoms with van der Waals surface area (Å²) >= 11 is 6.14. The van der Waals surface area contributed by atoms with Gasteiger partial charge in [-0.05, 0) is 35.9 Å². The second kappa shape index (κ2) is 9.57. The summed E-state index contributed by atoms with van der Waals surface area (Å²) in [6.07, 6.45) is 1.21. The number of carbonyl (C=O) groups is 1. The number of aromatic nitrogens is 3. The zero-order valence-electron chi connectivity index (χ0n) is 16.6. The lowest BCUT2D eigenvalue weighted by Gasteiger charge is -2.12. The maximum atomic E-state index is 13.8. The molecule has 6 nitrogen and oxygen atoms in total. The Morgan fingerprint density at radius 2 is 1.78 bits per heavy atom. The molecular formula is C23H17ClF2N4O2. The van der Waals surface area contributed by atoms with Crippen LogP contribution in [0.5, 0.6) is 5.75 Å².